The highest BCUT2D eigenvalue weighted by Crippen LogP contribution is 2.44. The number of thiophene rings is 1. The summed E-state index contributed by atoms with van der Waals surface area (Å²) in [4.78, 5) is 34.5. The maximum atomic E-state index is 14.1. The number of allylic oxidation sites excluding steroid dienone is 1. The van der Waals surface area contributed by atoms with E-state index in [4.69, 9.17) is 20.9 Å². The van der Waals surface area contributed by atoms with Gasteiger partial charge in [0.25, 0.3) is 0 Å². The molecule has 1 aliphatic heterocycles. The van der Waals surface area contributed by atoms with E-state index in [9.17, 15) is 10.1 Å². The topological polar surface area (TPSA) is 166 Å². The van der Waals surface area contributed by atoms with Crippen molar-refractivity contribution in [2.45, 2.75) is 63.8 Å². The number of nitrogen functional groups attached to an aromatic ring is 1. The molecule has 5 rings (SSSR count). The summed E-state index contributed by atoms with van der Waals surface area (Å²) in [6.45, 7) is 3.46. The maximum Gasteiger partial charge on any atom is 0.226 e. The van der Waals surface area contributed by atoms with E-state index in [1.165, 1.54) is 30.1 Å². The molecule has 2 aliphatic rings. The van der Waals surface area contributed by atoms with Crippen LogP contribution in [0.4, 0.5) is 5.00 Å². The van der Waals surface area contributed by atoms with Gasteiger partial charge in [0.05, 0.1) is 29.7 Å². The van der Waals surface area contributed by atoms with Crippen LogP contribution >= 0.6 is 11.3 Å². The van der Waals surface area contributed by atoms with Gasteiger partial charge in [-0.15, -0.1) is 11.3 Å². The second kappa shape index (κ2) is 12.6. The molecule has 1 saturated heterocycles. The fourth-order valence-corrected chi connectivity index (χ4v) is 6.64. The summed E-state index contributed by atoms with van der Waals surface area (Å²) >= 11 is 1.40. The lowest BCUT2D eigenvalue weighted by Gasteiger charge is -2.24. The normalized spacial score (nSPS) is 19.2. The number of ketones is 1. The lowest BCUT2D eigenvalue weighted by molar-refractivity contribution is -0.117. The Morgan fingerprint density at radius 2 is 2.00 bits per heavy atom. The van der Waals surface area contributed by atoms with E-state index in [-0.39, 0.29) is 29.2 Å². The molecule has 4 N–H and O–H groups in total. The first kappa shape index (κ1) is 28.4. The van der Waals surface area contributed by atoms with Crippen LogP contribution in [0, 0.1) is 11.3 Å². The van der Waals surface area contributed by atoms with Gasteiger partial charge in [0.2, 0.25) is 11.8 Å². The average molecular weight is 575 g/mol. The molecule has 12 heteroatoms. The highest BCUT2D eigenvalue weighted by atomic mass is 32.1. The van der Waals surface area contributed by atoms with Gasteiger partial charge in [-0.05, 0) is 57.7 Å². The van der Waals surface area contributed by atoms with Gasteiger partial charge in [0.15, 0.2) is 17.4 Å². The molecule has 11 nitrogen and oxygen atoms in total. The van der Waals surface area contributed by atoms with Crippen LogP contribution in [-0.2, 0) is 11.2 Å². The summed E-state index contributed by atoms with van der Waals surface area (Å²) in [5, 5.41) is 10.2. The number of aromatic nitrogens is 4. The molecule has 0 radical (unpaired) electrons. The Bertz CT molecular complexity index is 1480. The first-order valence-corrected chi connectivity index (χ1v) is 14.7. The van der Waals surface area contributed by atoms with Gasteiger partial charge in [-0.3, -0.25) is 4.79 Å². The van der Waals surface area contributed by atoms with Gasteiger partial charge >= 0.3 is 0 Å². The maximum absolute atomic E-state index is 14.1. The number of nitrogens with zero attached hydrogens (tertiary/aromatic N) is 6. The molecule has 0 bridgehead atoms. The Hall–Kier alpha value is -4.08. The number of Topliss-reactive ketones (excluding diaryl/α,β-unsaturated/α-hetero) is 1. The minimum atomic E-state index is -0.489. The van der Waals surface area contributed by atoms with Gasteiger partial charge in [-0.1, -0.05) is 13.3 Å². The van der Waals surface area contributed by atoms with Crippen molar-refractivity contribution in [3.63, 3.8) is 0 Å². The predicted octanol–water partition coefficient (Wildman–Crippen LogP) is 4.21. The SMILES string of the molecule is CCCC(C(=O)[C@H]1CCCc2sc(N)c(C#N)c21)=C(N)c1nc(OC[C@@H]2CCCN2C)cc(Oc2cncnc2)n1. The molecule has 2 atom stereocenters. The van der Waals surface area contributed by atoms with Crippen LogP contribution < -0.4 is 20.9 Å². The number of aryl methyl sites for hydroxylation is 1. The number of anilines is 1. The summed E-state index contributed by atoms with van der Waals surface area (Å²) in [6.07, 6.45) is 9.99. The molecule has 0 spiro atoms. The smallest absolute Gasteiger partial charge is 0.226 e. The number of carbonyl (C=O) groups is 1. The molecule has 1 aliphatic carbocycles. The van der Waals surface area contributed by atoms with E-state index in [0.717, 1.165) is 42.7 Å². The van der Waals surface area contributed by atoms with E-state index in [0.29, 0.717) is 53.6 Å². The number of ether oxygens (including phenoxy) is 2. The number of carbonyl (C=O) groups excluding carboxylic acids is 1. The van der Waals surface area contributed by atoms with Crippen LogP contribution in [0.5, 0.6) is 17.5 Å². The predicted molar refractivity (Wildman–Crippen MR) is 155 cm³/mol. The minimum Gasteiger partial charge on any atom is -0.476 e. The van der Waals surface area contributed by atoms with Crippen molar-refractivity contribution in [3.05, 3.63) is 52.2 Å². The number of likely N-dealkylation sites (N-methyl/N-ethyl adjacent to an activating group) is 1. The Morgan fingerprint density at radius 3 is 2.71 bits per heavy atom. The summed E-state index contributed by atoms with van der Waals surface area (Å²) < 4.78 is 12.0. The standard InChI is InChI=1S/C29H34N8O3S/c1-3-6-20(27(38)19-8-4-9-22-25(19)21(12-30)28(32)41-22)26(31)29-35-23(39-15-17-7-5-10-37(17)2)11-24(36-29)40-18-13-33-16-34-14-18/h11,13-14,16-17,19H,3-10,15,31-32H2,1-2H3/t17-,19-/m0/s1. The zero-order valence-corrected chi connectivity index (χ0v) is 24.1. The molecule has 0 amide bonds. The van der Waals surface area contributed by atoms with Crippen LogP contribution in [0.1, 0.15) is 73.2 Å². The van der Waals surface area contributed by atoms with E-state index >= 15 is 0 Å². The molecule has 3 aromatic heterocycles. The van der Waals surface area contributed by atoms with Crippen molar-refractivity contribution in [3.8, 4) is 23.6 Å². The first-order chi connectivity index (χ1) is 19.9. The van der Waals surface area contributed by atoms with Gasteiger partial charge in [0, 0.05) is 22.4 Å². The summed E-state index contributed by atoms with van der Waals surface area (Å²) in [7, 11) is 2.08. The largest absolute Gasteiger partial charge is 0.476 e. The molecular formula is C29H34N8O3S. The first-order valence-electron chi connectivity index (χ1n) is 13.9. The van der Waals surface area contributed by atoms with E-state index in [1.807, 2.05) is 6.92 Å². The molecule has 41 heavy (non-hydrogen) atoms. The van der Waals surface area contributed by atoms with E-state index in [2.05, 4.69) is 38.0 Å². The lowest BCUT2D eigenvalue weighted by atomic mass is 9.79. The van der Waals surface area contributed by atoms with Crippen molar-refractivity contribution in [1.29, 1.82) is 5.26 Å². The van der Waals surface area contributed by atoms with E-state index < -0.39 is 5.92 Å². The van der Waals surface area contributed by atoms with Gasteiger partial charge < -0.3 is 25.8 Å². The highest BCUT2D eigenvalue weighted by Gasteiger charge is 2.34. The Kier molecular flexibility index (Phi) is 8.75. The number of fused-ring (bicyclic) bond motifs is 1. The van der Waals surface area contributed by atoms with Crippen molar-refractivity contribution < 1.29 is 14.3 Å². The van der Waals surface area contributed by atoms with Crippen LogP contribution in [0.25, 0.3) is 5.70 Å². The quantitative estimate of drug-likeness (QED) is 0.333. The van der Waals surface area contributed by atoms with Gasteiger partial charge in [-0.2, -0.15) is 15.2 Å². The van der Waals surface area contributed by atoms with Crippen LogP contribution in [0.3, 0.4) is 0 Å². The third-order valence-electron chi connectivity index (χ3n) is 7.62. The van der Waals surface area contributed by atoms with E-state index in [1.54, 1.807) is 6.07 Å². The van der Waals surface area contributed by atoms with Crippen molar-refractivity contribution in [2.24, 2.45) is 5.73 Å². The number of nitriles is 1. The van der Waals surface area contributed by atoms with Crippen molar-refractivity contribution in [1.82, 2.24) is 24.8 Å². The lowest BCUT2D eigenvalue weighted by Crippen LogP contribution is -2.30. The number of hydrogen-bond acceptors (Lipinski definition) is 12. The highest BCUT2D eigenvalue weighted by molar-refractivity contribution is 7.16. The molecule has 214 valence electrons. The average Bonchev–Trinajstić information content (AvgIpc) is 3.55. The summed E-state index contributed by atoms with van der Waals surface area (Å²) in [5.74, 6) is 0.415. The third-order valence-corrected chi connectivity index (χ3v) is 8.71. The second-order valence-corrected chi connectivity index (χ2v) is 11.5. The fraction of sp³-hybridized carbons (Fsp3) is 0.448. The Labute approximate surface area is 243 Å². The fourth-order valence-electron chi connectivity index (χ4n) is 5.52. The second-order valence-electron chi connectivity index (χ2n) is 10.4. The summed E-state index contributed by atoms with van der Waals surface area (Å²) in [6, 6.07) is 4.09. The van der Waals surface area contributed by atoms with Crippen LogP contribution in [0.2, 0.25) is 0 Å². The molecule has 0 saturated carbocycles. The van der Waals surface area contributed by atoms with Crippen LogP contribution in [0.15, 0.2) is 30.4 Å². The minimum absolute atomic E-state index is 0.124. The van der Waals surface area contributed by atoms with Crippen LogP contribution in [-0.4, -0.2) is 56.9 Å². The number of nitrogens with two attached hydrogens (primary N) is 2. The number of likely N-dealkylation sites (tertiary alicyclic amines) is 1. The number of hydrogen-bond donors (Lipinski definition) is 2. The molecule has 0 unspecified atom stereocenters. The number of rotatable bonds is 10. The third kappa shape index (κ3) is 6.16. The zero-order valence-electron chi connectivity index (χ0n) is 23.3. The monoisotopic (exact) mass is 574 g/mol. The Morgan fingerprint density at radius 1 is 1.22 bits per heavy atom. The molecule has 0 aromatic carbocycles. The van der Waals surface area contributed by atoms with Gasteiger partial charge in [-0.25, -0.2) is 9.97 Å². The molecule has 3 aromatic rings. The van der Waals surface area contributed by atoms with Crippen molar-refractivity contribution >= 4 is 27.8 Å². The summed E-state index contributed by atoms with van der Waals surface area (Å²) in [5.41, 5.74) is 14.6. The zero-order chi connectivity index (χ0) is 28.9. The van der Waals surface area contributed by atoms with Crippen molar-refractivity contribution in [2.75, 3.05) is 25.9 Å². The molecule has 4 heterocycles. The Balaban J connectivity index is 1.52. The van der Waals surface area contributed by atoms with Gasteiger partial charge in [0.1, 0.15) is 24.0 Å². The molecular weight excluding hydrogens is 540 g/mol. The molecule has 1 fully saturated rings.